The van der Waals surface area contributed by atoms with Gasteiger partial charge < -0.3 is 13.3 Å². The molecule has 0 N–H and O–H groups in total. The van der Waals surface area contributed by atoms with Crippen LogP contribution in [0.5, 0.6) is 0 Å². The summed E-state index contributed by atoms with van der Waals surface area (Å²) in [5.41, 5.74) is 8.96. The van der Waals surface area contributed by atoms with E-state index in [1.807, 2.05) is 59.5 Å². The largest absolute Gasteiger partial charge is 0.456 e. The van der Waals surface area contributed by atoms with Crippen LogP contribution in [0.25, 0.3) is 93.5 Å². The average Bonchev–Trinajstić information content (AvgIpc) is 4.00. The summed E-state index contributed by atoms with van der Waals surface area (Å²) >= 11 is 3.70. The quantitative estimate of drug-likeness (QED) is 0.179. The number of fused-ring (bicyclic) bond motifs is 5. The number of hydrogen-bond acceptors (Lipinski definition) is 5. The van der Waals surface area contributed by atoms with Crippen LogP contribution in [0.15, 0.2) is 176 Å². The lowest BCUT2D eigenvalue weighted by atomic mass is 9.85. The molecule has 0 saturated heterocycles. The molecule has 1 atom stereocenters. The van der Waals surface area contributed by atoms with Crippen molar-refractivity contribution >= 4 is 72.2 Å². The highest BCUT2D eigenvalue weighted by Crippen LogP contribution is 2.55. The molecule has 3 nitrogen and oxygen atoms in total. The fraction of sp³-hybridized carbons (Fsp3) is 0.0213. The fourth-order valence-corrected chi connectivity index (χ4v) is 9.89. The molecule has 1 aliphatic heterocycles. The van der Waals surface area contributed by atoms with Gasteiger partial charge in [-0.2, -0.15) is 0 Å². The van der Waals surface area contributed by atoms with Crippen molar-refractivity contribution in [1.82, 2.24) is 0 Å². The van der Waals surface area contributed by atoms with E-state index < -0.39 is 0 Å². The maximum absolute atomic E-state index is 6.88. The van der Waals surface area contributed by atoms with Gasteiger partial charge in [-0.15, -0.1) is 23.1 Å². The first-order chi connectivity index (χ1) is 25.7. The Morgan fingerprint density at radius 3 is 1.69 bits per heavy atom. The maximum atomic E-state index is 6.88. The minimum absolute atomic E-state index is 0.0195. The molecule has 0 amide bonds. The lowest BCUT2D eigenvalue weighted by Gasteiger charge is -2.25. The third kappa shape index (κ3) is 4.81. The topological polar surface area (TPSA) is 39.4 Å². The summed E-state index contributed by atoms with van der Waals surface area (Å²) in [4.78, 5) is 2.43. The second kappa shape index (κ2) is 11.8. The number of rotatable bonds is 5. The van der Waals surface area contributed by atoms with E-state index in [0.717, 1.165) is 72.4 Å². The molecule has 1 aliphatic rings. The lowest BCUT2D eigenvalue weighted by Crippen LogP contribution is -2.02. The monoisotopic (exact) mass is 704 g/mol. The van der Waals surface area contributed by atoms with Gasteiger partial charge in [0, 0.05) is 52.9 Å². The first-order valence-electron chi connectivity index (χ1n) is 17.3. The van der Waals surface area contributed by atoms with Crippen LogP contribution in [0, 0.1) is 0 Å². The molecule has 1 unspecified atom stereocenters. The summed E-state index contributed by atoms with van der Waals surface area (Å²) in [6.45, 7) is 0. The molecule has 0 radical (unpaired) electrons. The molecule has 246 valence electrons. The summed E-state index contributed by atoms with van der Waals surface area (Å²) in [5, 5.41) is 4.37. The van der Waals surface area contributed by atoms with E-state index in [1.165, 1.54) is 31.0 Å². The Morgan fingerprint density at radius 1 is 0.462 bits per heavy atom. The van der Waals surface area contributed by atoms with Crippen molar-refractivity contribution < 1.29 is 13.3 Å². The van der Waals surface area contributed by atoms with E-state index in [-0.39, 0.29) is 5.25 Å². The molecule has 11 rings (SSSR count). The van der Waals surface area contributed by atoms with Gasteiger partial charge in [-0.05, 0) is 77.2 Å². The molecule has 4 aromatic heterocycles. The van der Waals surface area contributed by atoms with Gasteiger partial charge in [0.1, 0.15) is 34.0 Å². The van der Waals surface area contributed by atoms with E-state index in [4.69, 9.17) is 13.3 Å². The second-order valence-electron chi connectivity index (χ2n) is 13.2. The molecule has 0 saturated carbocycles. The Balaban J connectivity index is 1.31. The van der Waals surface area contributed by atoms with Crippen molar-refractivity contribution in [1.29, 1.82) is 0 Å². The van der Waals surface area contributed by atoms with Crippen molar-refractivity contribution in [2.45, 2.75) is 10.1 Å². The Morgan fingerprint density at radius 2 is 1.02 bits per heavy atom. The van der Waals surface area contributed by atoms with Crippen LogP contribution in [-0.4, -0.2) is 0 Å². The summed E-state index contributed by atoms with van der Waals surface area (Å²) in [5.74, 6) is 2.33. The first-order valence-corrected chi connectivity index (χ1v) is 19.0. The predicted octanol–water partition coefficient (Wildman–Crippen LogP) is 14.7. The van der Waals surface area contributed by atoms with Gasteiger partial charge in [-0.1, -0.05) is 103 Å². The number of thioether (sulfide) groups is 1. The summed E-state index contributed by atoms with van der Waals surface area (Å²) in [6.07, 6.45) is 4.60. The standard InChI is InChI=1S/C47H28O3S2/c1-6-16-35-29(12-1)23-38(48-35)33-27-34(43-22-21-28-11-4-9-19-41(28)51-43)46(44-26-32-15-5-10-20-42(32)52-44)47(40-25-31-14-3-8-18-37(31)50-40)45(33)39-24-30-13-2-7-17-36(30)49-39/h1-27,43H. The minimum atomic E-state index is 0.0195. The van der Waals surface area contributed by atoms with Gasteiger partial charge in [-0.3, -0.25) is 0 Å². The van der Waals surface area contributed by atoms with E-state index in [1.54, 1.807) is 0 Å². The Hall–Kier alpha value is -6.01. The smallest absolute Gasteiger partial charge is 0.136 e. The van der Waals surface area contributed by atoms with Crippen LogP contribution < -0.4 is 0 Å². The number of hydrogen-bond donors (Lipinski definition) is 0. The average molecular weight is 705 g/mol. The van der Waals surface area contributed by atoms with Gasteiger partial charge in [0.2, 0.25) is 0 Å². The zero-order valence-corrected chi connectivity index (χ0v) is 29.3. The van der Waals surface area contributed by atoms with Crippen molar-refractivity contribution in [3.05, 3.63) is 169 Å². The van der Waals surface area contributed by atoms with Crippen molar-refractivity contribution in [2.24, 2.45) is 0 Å². The highest BCUT2D eigenvalue weighted by atomic mass is 32.2. The van der Waals surface area contributed by atoms with E-state index >= 15 is 0 Å². The Kier molecular flexibility index (Phi) is 6.72. The summed E-state index contributed by atoms with van der Waals surface area (Å²) < 4.78 is 21.7. The third-order valence-corrected chi connectivity index (χ3v) is 12.4. The van der Waals surface area contributed by atoms with Gasteiger partial charge in [0.15, 0.2) is 0 Å². The van der Waals surface area contributed by atoms with Crippen LogP contribution in [0.1, 0.15) is 16.4 Å². The fourth-order valence-electron chi connectivity index (χ4n) is 7.58. The SMILES string of the molecule is C1=CC(c2cc(-c3cc4ccccc4o3)c(-c3cc4ccccc4o3)c(-c3cc4ccccc4o3)c2-c2cc3ccccc3s2)Sc2ccccc21. The molecular weight excluding hydrogens is 677 g/mol. The molecule has 0 bridgehead atoms. The van der Waals surface area contributed by atoms with Crippen LogP contribution in [-0.2, 0) is 0 Å². The molecule has 5 heteroatoms. The maximum Gasteiger partial charge on any atom is 0.136 e. The molecule has 0 fully saturated rings. The normalized spacial score (nSPS) is 14.2. The Bertz CT molecular complexity index is 2890. The van der Waals surface area contributed by atoms with E-state index in [9.17, 15) is 0 Å². The number of furan rings is 3. The van der Waals surface area contributed by atoms with Gasteiger partial charge >= 0.3 is 0 Å². The summed E-state index contributed by atoms with van der Waals surface area (Å²) in [7, 11) is 0. The minimum Gasteiger partial charge on any atom is -0.456 e. The molecule has 10 aromatic rings. The van der Waals surface area contributed by atoms with Gasteiger partial charge in [0.25, 0.3) is 0 Å². The lowest BCUT2D eigenvalue weighted by molar-refractivity contribution is 0.620. The zero-order valence-electron chi connectivity index (χ0n) is 27.7. The second-order valence-corrected chi connectivity index (χ2v) is 15.4. The molecule has 0 spiro atoms. The van der Waals surface area contributed by atoms with Gasteiger partial charge in [0.05, 0.1) is 5.25 Å². The number of thiophene rings is 1. The van der Waals surface area contributed by atoms with Crippen LogP contribution in [0.2, 0.25) is 0 Å². The van der Waals surface area contributed by atoms with Gasteiger partial charge in [-0.25, -0.2) is 0 Å². The molecule has 52 heavy (non-hydrogen) atoms. The highest BCUT2D eigenvalue weighted by molar-refractivity contribution is 7.99. The third-order valence-electron chi connectivity index (χ3n) is 9.99. The van der Waals surface area contributed by atoms with E-state index in [2.05, 4.69) is 127 Å². The van der Waals surface area contributed by atoms with E-state index in [0.29, 0.717) is 0 Å². The molecular formula is C47H28O3S2. The zero-order chi connectivity index (χ0) is 34.2. The van der Waals surface area contributed by atoms with Crippen LogP contribution in [0.3, 0.4) is 0 Å². The number of para-hydroxylation sites is 3. The predicted molar refractivity (Wildman–Crippen MR) is 217 cm³/mol. The van der Waals surface area contributed by atoms with Crippen molar-refractivity contribution in [3.63, 3.8) is 0 Å². The molecule has 5 heterocycles. The molecule has 6 aromatic carbocycles. The number of benzene rings is 6. The first kappa shape index (κ1) is 29.7. The Labute approximate surface area is 307 Å². The molecule has 0 aliphatic carbocycles. The van der Waals surface area contributed by atoms with Crippen LogP contribution in [0.4, 0.5) is 0 Å². The summed E-state index contributed by atoms with van der Waals surface area (Å²) in [6, 6.07) is 53.1. The van der Waals surface area contributed by atoms with Crippen molar-refractivity contribution in [2.75, 3.05) is 0 Å². The van der Waals surface area contributed by atoms with Crippen molar-refractivity contribution in [3.8, 4) is 44.4 Å². The highest BCUT2D eigenvalue weighted by Gasteiger charge is 2.32. The van der Waals surface area contributed by atoms with Crippen LogP contribution >= 0.6 is 23.1 Å².